The Labute approximate surface area is 170 Å². The van der Waals surface area contributed by atoms with Crippen LogP contribution in [0.4, 0.5) is 0 Å². The summed E-state index contributed by atoms with van der Waals surface area (Å²) in [6.07, 6.45) is 3.03. The van der Waals surface area contributed by atoms with E-state index in [1.807, 2.05) is 57.2 Å². The summed E-state index contributed by atoms with van der Waals surface area (Å²) in [4.78, 5) is 25.5. The Morgan fingerprint density at radius 1 is 0.931 bits per heavy atom. The smallest absolute Gasteiger partial charge is 0.268 e. The standard InChI is InChI=1S/C24H24N2O3/c1-16-6-10-19(11-7-16)18(3)25-24(28)22(15-21-5-4-14-29-21)26-23(27)20-12-8-17(2)9-13-20/h4-15,18H,1-3H3,(H,25,28)(H,26,27)/b22-15-/t18-/m0/s1. The molecule has 3 rings (SSSR count). The van der Waals surface area contributed by atoms with Gasteiger partial charge in [0.1, 0.15) is 11.5 Å². The molecule has 0 fully saturated rings. The maximum atomic E-state index is 12.9. The lowest BCUT2D eigenvalue weighted by molar-refractivity contribution is -0.118. The molecule has 2 N–H and O–H groups in total. The van der Waals surface area contributed by atoms with Crippen LogP contribution in [0.3, 0.4) is 0 Å². The number of aryl methyl sites for hydroxylation is 2. The number of rotatable bonds is 6. The molecule has 0 unspecified atom stereocenters. The number of hydrogen-bond donors (Lipinski definition) is 2. The molecule has 1 aromatic heterocycles. The highest BCUT2D eigenvalue weighted by molar-refractivity contribution is 6.05. The summed E-state index contributed by atoms with van der Waals surface area (Å²) in [6.45, 7) is 5.86. The maximum absolute atomic E-state index is 12.9. The van der Waals surface area contributed by atoms with Gasteiger partial charge in [-0.2, -0.15) is 0 Å². The summed E-state index contributed by atoms with van der Waals surface area (Å²) in [5, 5.41) is 5.64. The summed E-state index contributed by atoms with van der Waals surface area (Å²) >= 11 is 0. The van der Waals surface area contributed by atoms with Crippen molar-refractivity contribution in [3.05, 3.63) is 101 Å². The molecule has 0 saturated heterocycles. The van der Waals surface area contributed by atoms with Crippen molar-refractivity contribution in [1.29, 1.82) is 0 Å². The van der Waals surface area contributed by atoms with Crippen molar-refractivity contribution in [3.63, 3.8) is 0 Å². The molecule has 2 aromatic carbocycles. The lowest BCUT2D eigenvalue weighted by Gasteiger charge is -2.17. The zero-order chi connectivity index (χ0) is 20.8. The zero-order valence-corrected chi connectivity index (χ0v) is 16.7. The fourth-order valence-corrected chi connectivity index (χ4v) is 2.79. The molecule has 148 valence electrons. The third-order valence-electron chi connectivity index (χ3n) is 4.56. The van der Waals surface area contributed by atoms with Crippen LogP contribution in [0.25, 0.3) is 6.08 Å². The first-order chi connectivity index (χ1) is 13.9. The van der Waals surface area contributed by atoms with Crippen LogP contribution in [0.2, 0.25) is 0 Å². The van der Waals surface area contributed by atoms with E-state index in [9.17, 15) is 9.59 Å². The monoisotopic (exact) mass is 388 g/mol. The second-order valence-electron chi connectivity index (χ2n) is 7.00. The van der Waals surface area contributed by atoms with Gasteiger partial charge in [-0.1, -0.05) is 47.5 Å². The Hall–Kier alpha value is -3.60. The van der Waals surface area contributed by atoms with Gasteiger partial charge in [-0.15, -0.1) is 0 Å². The minimum atomic E-state index is -0.394. The molecule has 5 nitrogen and oxygen atoms in total. The first kappa shape index (κ1) is 20.1. The van der Waals surface area contributed by atoms with Crippen molar-refractivity contribution >= 4 is 17.9 Å². The van der Waals surface area contributed by atoms with Crippen molar-refractivity contribution in [1.82, 2.24) is 10.6 Å². The van der Waals surface area contributed by atoms with Crippen LogP contribution in [-0.4, -0.2) is 11.8 Å². The van der Waals surface area contributed by atoms with Crippen molar-refractivity contribution < 1.29 is 14.0 Å². The second kappa shape index (κ2) is 9.06. The highest BCUT2D eigenvalue weighted by Gasteiger charge is 2.18. The topological polar surface area (TPSA) is 71.3 Å². The van der Waals surface area contributed by atoms with E-state index in [-0.39, 0.29) is 17.6 Å². The lowest BCUT2D eigenvalue weighted by Crippen LogP contribution is -2.36. The van der Waals surface area contributed by atoms with Crippen LogP contribution in [0, 0.1) is 13.8 Å². The molecular weight excluding hydrogens is 364 g/mol. The zero-order valence-electron chi connectivity index (χ0n) is 16.7. The van der Waals surface area contributed by atoms with E-state index in [1.54, 1.807) is 24.3 Å². The average Bonchev–Trinajstić information content (AvgIpc) is 3.21. The largest absolute Gasteiger partial charge is 0.465 e. The minimum Gasteiger partial charge on any atom is -0.465 e. The van der Waals surface area contributed by atoms with E-state index >= 15 is 0 Å². The van der Waals surface area contributed by atoms with Gasteiger partial charge < -0.3 is 15.1 Å². The van der Waals surface area contributed by atoms with Gasteiger partial charge in [0, 0.05) is 11.6 Å². The number of nitrogens with one attached hydrogen (secondary N) is 2. The molecule has 0 saturated carbocycles. The van der Waals surface area contributed by atoms with Crippen LogP contribution in [0.15, 0.2) is 77.0 Å². The molecule has 1 heterocycles. The minimum absolute atomic E-state index is 0.115. The fraction of sp³-hybridized carbons (Fsp3) is 0.167. The molecule has 0 radical (unpaired) electrons. The van der Waals surface area contributed by atoms with Crippen LogP contribution >= 0.6 is 0 Å². The van der Waals surface area contributed by atoms with Crippen molar-refractivity contribution in [2.24, 2.45) is 0 Å². The van der Waals surface area contributed by atoms with E-state index in [0.717, 1.165) is 16.7 Å². The van der Waals surface area contributed by atoms with Gasteiger partial charge in [-0.05, 0) is 50.6 Å². The fourth-order valence-electron chi connectivity index (χ4n) is 2.79. The second-order valence-corrected chi connectivity index (χ2v) is 7.00. The summed E-state index contributed by atoms with van der Waals surface area (Å²) < 4.78 is 5.31. The lowest BCUT2D eigenvalue weighted by atomic mass is 10.1. The van der Waals surface area contributed by atoms with E-state index in [0.29, 0.717) is 11.3 Å². The summed E-state index contributed by atoms with van der Waals surface area (Å²) in [5.41, 5.74) is 3.77. The quantitative estimate of drug-likeness (QED) is 0.609. The molecule has 1 atom stereocenters. The predicted octanol–water partition coefficient (Wildman–Crippen LogP) is 4.54. The van der Waals surface area contributed by atoms with Crippen molar-refractivity contribution in [2.45, 2.75) is 26.8 Å². The number of hydrogen-bond acceptors (Lipinski definition) is 3. The molecule has 5 heteroatoms. The average molecular weight is 388 g/mol. The molecule has 0 aliphatic heterocycles. The summed E-state index contributed by atoms with van der Waals surface area (Å²) in [5.74, 6) is -0.279. The Morgan fingerprint density at radius 3 is 2.14 bits per heavy atom. The van der Waals surface area contributed by atoms with Gasteiger partial charge in [-0.25, -0.2) is 0 Å². The van der Waals surface area contributed by atoms with Crippen LogP contribution in [0.5, 0.6) is 0 Å². The molecule has 0 spiro atoms. The van der Waals surface area contributed by atoms with Crippen LogP contribution in [-0.2, 0) is 4.79 Å². The number of carbonyl (C=O) groups excluding carboxylic acids is 2. The van der Waals surface area contributed by atoms with Crippen molar-refractivity contribution in [3.8, 4) is 0 Å². The maximum Gasteiger partial charge on any atom is 0.268 e. The van der Waals surface area contributed by atoms with E-state index < -0.39 is 5.91 Å². The summed E-state index contributed by atoms with van der Waals surface area (Å²) in [6, 6.07) is 18.3. The molecule has 29 heavy (non-hydrogen) atoms. The number of furan rings is 1. The van der Waals surface area contributed by atoms with Gasteiger partial charge >= 0.3 is 0 Å². The Morgan fingerprint density at radius 2 is 1.55 bits per heavy atom. The Bertz CT molecular complexity index is 1000. The van der Waals surface area contributed by atoms with Gasteiger partial charge in [0.05, 0.1) is 12.3 Å². The highest BCUT2D eigenvalue weighted by atomic mass is 16.3. The predicted molar refractivity (Wildman–Crippen MR) is 113 cm³/mol. The highest BCUT2D eigenvalue weighted by Crippen LogP contribution is 2.15. The molecular formula is C24H24N2O3. The Balaban J connectivity index is 1.79. The van der Waals surface area contributed by atoms with E-state index in [4.69, 9.17) is 4.42 Å². The van der Waals surface area contributed by atoms with Crippen LogP contribution < -0.4 is 10.6 Å². The van der Waals surface area contributed by atoms with Gasteiger partial charge in [0.2, 0.25) is 0 Å². The first-order valence-corrected chi connectivity index (χ1v) is 9.43. The van der Waals surface area contributed by atoms with E-state index in [1.165, 1.54) is 12.3 Å². The number of benzene rings is 2. The molecule has 3 aromatic rings. The third kappa shape index (κ3) is 5.45. The third-order valence-corrected chi connectivity index (χ3v) is 4.56. The number of amides is 2. The van der Waals surface area contributed by atoms with E-state index in [2.05, 4.69) is 10.6 Å². The van der Waals surface area contributed by atoms with Crippen molar-refractivity contribution in [2.75, 3.05) is 0 Å². The number of carbonyl (C=O) groups is 2. The van der Waals surface area contributed by atoms with Gasteiger partial charge in [-0.3, -0.25) is 9.59 Å². The normalized spacial score (nSPS) is 12.3. The first-order valence-electron chi connectivity index (χ1n) is 9.43. The molecule has 0 aliphatic carbocycles. The van der Waals surface area contributed by atoms with Crippen LogP contribution in [0.1, 0.15) is 45.8 Å². The van der Waals surface area contributed by atoms with Gasteiger partial charge in [0.15, 0.2) is 0 Å². The molecule has 2 amide bonds. The molecule has 0 bridgehead atoms. The Kier molecular flexibility index (Phi) is 6.29. The van der Waals surface area contributed by atoms with Gasteiger partial charge in [0.25, 0.3) is 11.8 Å². The SMILES string of the molecule is Cc1ccc(C(=O)N/C(=C\c2ccco2)C(=O)N[C@@H](C)c2ccc(C)cc2)cc1. The summed E-state index contributed by atoms with van der Waals surface area (Å²) in [7, 11) is 0. The molecule has 0 aliphatic rings.